The number of hydrogen-bond acceptors (Lipinski definition) is 6. The molecule has 0 bridgehead atoms. The molecule has 0 unspecified atom stereocenters. The van der Waals surface area contributed by atoms with Crippen LogP contribution in [0.4, 0.5) is 0 Å². The summed E-state index contributed by atoms with van der Waals surface area (Å²) in [6.45, 7) is 0. The van der Waals surface area contributed by atoms with Crippen molar-refractivity contribution in [3.8, 4) is 0 Å². The van der Waals surface area contributed by atoms with Gasteiger partial charge in [-0.15, -0.1) is 11.8 Å². The zero-order valence-electron chi connectivity index (χ0n) is 22.0. The van der Waals surface area contributed by atoms with E-state index in [-0.39, 0.29) is 22.2 Å². The highest BCUT2D eigenvalue weighted by atomic mass is 32.2. The molecule has 0 aliphatic carbocycles. The van der Waals surface area contributed by atoms with Crippen LogP contribution in [0.3, 0.4) is 0 Å². The Balaban J connectivity index is 0.000000216. The fraction of sp³-hybridized carbons (Fsp3) is 0.188. The topological polar surface area (TPSA) is 69.7 Å². The fourth-order valence-electron chi connectivity index (χ4n) is 3.86. The first-order valence-electron chi connectivity index (χ1n) is 12.4. The lowest BCUT2D eigenvalue weighted by Gasteiger charge is -2.17. The molecule has 0 amide bonds. The van der Waals surface area contributed by atoms with Gasteiger partial charge in [-0.05, 0) is 22.3 Å². The molecule has 202 valence electrons. The molecule has 0 radical (unpaired) electrons. The van der Waals surface area contributed by atoms with Crippen LogP contribution in [0.15, 0.2) is 121 Å². The Hall–Kier alpha value is -3.68. The standard InChI is InChI=1S/C16H16O3S.C16H16O2S/c1-19-15(17)12-20(18)16(13-8-4-2-5-9-13)14-10-6-3-7-11-14;1-18-15(17)12-19-16(13-8-4-2-5-9-13)14-10-6-3-7-11-14/h2-11,16H,12H2,1H3;2-11,16H,12H2,1H3/t20-;/m0./s1. The predicted molar refractivity (Wildman–Crippen MR) is 159 cm³/mol. The number of carbonyl (C=O) groups excluding carboxylic acids is 2. The van der Waals surface area contributed by atoms with Gasteiger partial charge in [-0.25, -0.2) is 0 Å². The first-order valence-corrected chi connectivity index (χ1v) is 14.8. The van der Waals surface area contributed by atoms with Gasteiger partial charge in [0.05, 0.1) is 30.5 Å². The molecule has 1 atom stereocenters. The van der Waals surface area contributed by atoms with Gasteiger partial charge in [0.2, 0.25) is 0 Å². The molecule has 0 fully saturated rings. The van der Waals surface area contributed by atoms with Crippen molar-refractivity contribution in [2.45, 2.75) is 10.5 Å². The summed E-state index contributed by atoms with van der Waals surface area (Å²) in [6, 6.07) is 39.5. The van der Waals surface area contributed by atoms with Crippen molar-refractivity contribution in [3.05, 3.63) is 144 Å². The summed E-state index contributed by atoms with van der Waals surface area (Å²) in [6.07, 6.45) is 0. The van der Waals surface area contributed by atoms with E-state index in [1.807, 2.05) is 97.1 Å². The van der Waals surface area contributed by atoms with Gasteiger partial charge in [-0.1, -0.05) is 121 Å². The second-order valence-electron chi connectivity index (χ2n) is 8.39. The molecule has 0 saturated heterocycles. The van der Waals surface area contributed by atoms with Crippen LogP contribution >= 0.6 is 11.8 Å². The fourth-order valence-corrected chi connectivity index (χ4v) is 6.42. The number of carbonyl (C=O) groups is 2. The van der Waals surface area contributed by atoms with Gasteiger partial charge in [0, 0.05) is 10.8 Å². The number of esters is 2. The SMILES string of the molecule is COC(=O)CSC(c1ccccc1)c1ccccc1.COC(=O)C[S@](=O)C(c1ccccc1)c1ccccc1. The van der Waals surface area contributed by atoms with Crippen LogP contribution in [0.5, 0.6) is 0 Å². The zero-order chi connectivity index (χ0) is 27.9. The molecule has 0 spiro atoms. The lowest BCUT2D eigenvalue weighted by Crippen LogP contribution is -2.18. The number of methoxy groups -OCH3 is 2. The first-order chi connectivity index (χ1) is 19.0. The minimum Gasteiger partial charge on any atom is -0.468 e. The Bertz CT molecular complexity index is 1220. The molecular formula is C32H32O5S2. The van der Waals surface area contributed by atoms with Gasteiger partial charge in [0.1, 0.15) is 5.75 Å². The second kappa shape index (κ2) is 16.3. The molecule has 5 nitrogen and oxygen atoms in total. The van der Waals surface area contributed by atoms with Crippen LogP contribution in [0.1, 0.15) is 32.8 Å². The normalized spacial score (nSPS) is 11.3. The molecule has 4 rings (SSSR count). The Morgan fingerprint density at radius 2 is 0.974 bits per heavy atom. The molecule has 0 aliphatic rings. The van der Waals surface area contributed by atoms with Crippen molar-refractivity contribution in [3.63, 3.8) is 0 Å². The van der Waals surface area contributed by atoms with Gasteiger partial charge < -0.3 is 9.47 Å². The molecule has 0 aromatic heterocycles. The summed E-state index contributed by atoms with van der Waals surface area (Å²) < 4.78 is 21.8. The van der Waals surface area contributed by atoms with Gasteiger partial charge in [-0.3, -0.25) is 13.8 Å². The summed E-state index contributed by atoms with van der Waals surface area (Å²) in [7, 11) is 1.36. The van der Waals surface area contributed by atoms with Gasteiger partial charge in [0.15, 0.2) is 0 Å². The molecule has 4 aromatic rings. The summed E-state index contributed by atoms with van der Waals surface area (Å²) in [5.74, 6) is -0.405. The van der Waals surface area contributed by atoms with Crippen LogP contribution in [0.25, 0.3) is 0 Å². The van der Waals surface area contributed by atoms with Crippen molar-refractivity contribution in [1.82, 2.24) is 0 Å². The Morgan fingerprint density at radius 1 is 0.615 bits per heavy atom. The minimum absolute atomic E-state index is 0.106. The Labute approximate surface area is 237 Å². The van der Waals surface area contributed by atoms with Gasteiger partial charge >= 0.3 is 11.9 Å². The van der Waals surface area contributed by atoms with E-state index in [4.69, 9.17) is 4.74 Å². The summed E-state index contributed by atoms with van der Waals surface area (Å²) in [4.78, 5) is 22.7. The van der Waals surface area contributed by atoms with E-state index in [2.05, 4.69) is 29.0 Å². The smallest absolute Gasteiger partial charge is 0.318 e. The molecule has 0 N–H and O–H groups in total. The molecule has 0 heterocycles. The lowest BCUT2D eigenvalue weighted by atomic mass is 10.0. The summed E-state index contributed by atoms with van der Waals surface area (Å²) in [5, 5.41) is -0.169. The van der Waals surface area contributed by atoms with Crippen molar-refractivity contribution in [2.24, 2.45) is 0 Å². The zero-order valence-corrected chi connectivity index (χ0v) is 23.6. The highest BCUT2D eigenvalue weighted by Gasteiger charge is 2.23. The average molecular weight is 561 g/mol. The minimum atomic E-state index is -1.36. The Morgan fingerprint density at radius 3 is 1.33 bits per heavy atom. The number of thioether (sulfide) groups is 1. The molecular weight excluding hydrogens is 528 g/mol. The molecule has 39 heavy (non-hydrogen) atoms. The van der Waals surface area contributed by atoms with Crippen LogP contribution in [0.2, 0.25) is 0 Å². The molecule has 4 aromatic carbocycles. The molecule has 0 saturated carbocycles. The van der Waals surface area contributed by atoms with Crippen molar-refractivity contribution < 1.29 is 23.3 Å². The number of benzene rings is 4. The van der Waals surface area contributed by atoms with Crippen molar-refractivity contribution >= 4 is 34.5 Å². The largest absolute Gasteiger partial charge is 0.468 e. The van der Waals surface area contributed by atoms with E-state index in [0.29, 0.717) is 5.75 Å². The van der Waals surface area contributed by atoms with E-state index >= 15 is 0 Å². The quantitative estimate of drug-likeness (QED) is 0.210. The maximum Gasteiger partial charge on any atom is 0.318 e. The monoisotopic (exact) mass is 560 g/mol. The number of hydrogen-bond donors (Lipinski definition) is 0. The number of rotatable bonds is 10. The third-order valence-electron chi connectivity index (χ3n) is 5.76. The van der Waals surface area contributed by atoms with Crippen LogP contribution in [-0.2, 0) is 29.9 Å². The van der Waals surface area contributed by atoms with Crippen LogP contribution in [0, 0.1) is 0 Å². The Kier molecular flexibility index (Phi) is 12.5. The lowest BCUT2D eigenvalue weighted by molar-refractivity contribution is -0.138. The summed E-state index contributed by atoms with van der Waals surface area (Å²) >= 11 is 1.59. The van der Waals surface area contributed by atoms with Crippen LogP contribution in [-0.4, -0.2) is 41.9 Å². The predicted octanol–water partition coefficient (Wildman–Crippen LogP) is 6.38. The average Bonchev–Trinajstić information content (AvgIpc) is 2.99. The third-order valence-corrected chi connectivity index (χ3v) is 8.63. The molecule has 7 heteroatoms. The first kappa shape index (κ1) is 29.9. The maximum absolute atomic E-state index is 12.5. The third kappa shape index (κ3) is 9.53. The second-order valence-corrected chi connectivity index (χ2v) is 11.0. The van der Waals surface area contributed by atoms with Crippen LogP contribution < -0.4 is 0 Å². The summed E-state index contributed by atoms with van der Waals surface area (Å²) in [5.41, 5.74) is 4.26. The maximum atomic E-state index is 12.5. The van der Waals surface area contributed by atoms with E-state index < -0.39 is 16.8 Å². The molecule has 0 aliphatic heterocycles. The number of ether oxygens (including phenoxy) is 2. The van der Waals surface area contributed by atoms with Crippen molar-refractivity contribution in [1.29, 1.82) is 0 Å². The highest BCUT2D eigenvalue weighted by molar-refractivity contribution is 8.00. The van der Waals surface area contributed by atoms with Gasteiger partial charge in [-0.2, -0.15) is 0 Å². The van der Waals surface area contributed by atoms with Crippen molar-refractivity contribution in [2.75, 3.05) is 25.7 Å². The van der Waals surface area contributed by atoms with Gasteiger partial charge in [0.25, 0.3) is 0 Å². The van der Waals surface area contributed by atoms with E-state index in [1.165, 1.54) is 25.3 Å². The van der Waals surface area contributed by atoms with E-state index in [1.54, 1.807) is 11.8 Å². The van der Waals surface area contributed by atoms with E-state index in [0.717, 1.165) is 11.1 Å². The highest BCUT2D eigenvalue weighted by Crippen LogP contribution is 2.35. The van der Waals surface area contributed by atoms with E-state index in [9.17, 15) is 13.8 Å².